The van der Waals surface area contributed by atoms with Gasteiger partial charge in [0.2, 0.25) is 6.79 Å². The highest BCUT2D eigenvalue weighted by molar-refractivity contribution is 5.51. The second-order valence-corrected chi connectivity index (χ2v) is 4.73. The second-order valence-electron chi connectivity index (χ2n) is 4.73. The van der Waals surface area contributed by atoms with Crippen LogP contribution < -0.4 is 9.47 Å². The molecule has 1 N–H and O–H groups in total. The van der Waals surface area contributed by atoms with Gasteiger partial charge in [0.25, 0.3) is 0 Å². The molecule has 0 aliphatic carbocycles. The summed E-state index contributed by atoms with van der Waals surface area (Å²) >= 11 is 0. The molecule has 3 rings (SSSR count). The molecule has 1 fully saturated rings. The number of hydrogen-bond donors (Lipinski definition) is 1. The summed E-state index contributed by atoms with van der Waals surface area (Å²) in [7, 11) is 0. The van der Waals surface area contributed by atoms with Crippen molar-refractivity contribution < 1.29 is 19.3 Å². The summed E-state index contributed by atoms with van der Waals surface area (Å²) in [4.78, 5) is 2.29. The minimum absolute atomic E-state index is 0.228. The first-order valence-corrected chi connectivity index (χ1v) is 6.17. The van der Waals surface area contributed by atoms with Crippen molar-refractivity contribution in [1.82, 2.24) is 4.90 Å². The van der Waals surface area contributed by atoms with Crippen molar-refractivity contribution >= 4 is 0 Å². The number of aromatic hydroxyl groups is 1. The van der Waals surface area contributed by atoms with Gasteiger partial charge in [-0.05, 0) is 13.0 Å². The van der Waals surface area contributed by atoms with E-state index in [0.29, 0.717) is 24.1 Å². The number of nitrogens with zero attached hydrogens (tertiary/aromatic N) is 1. The Kier molecular flexibility index (Phi) is 3.01. The van der Waals surface area contributed by atoms with Crippen LogP contribution in [0.3, 0.4) is 0 Å². The van der Waals surface area contributed by atoms with Crippen molar-refractivity contribution in [3.8, 4) is 17.2 Å². The smallest absolute Gasteiger partial charge is 0.231 e. The van der Waals surface area contributed by atoms with E-state index in [-0.39, 0.29) is 12.5 Å². The summed E-state index contributed by atoms with van der Waals surface area (Å²) in [5.74, 6) is 1.59. The SMILES string of the molecule is CC1COCCN1Cc1cc2c(cc1O)OCO2. The molecule has 2 aliphatic heterocycles. The molecule has 18 heavy (non-hydrogen) atoms. The van der Waals surface area contributed by atoms with Crippen LogP contribution in [-0.4, -0.2) is 42.6 Å². The first-order chi connectivity index (χ1) is 8.74. The number of morpholine rings is 1. The Labute approximate surface area is 106 Å². The molecule has 2 aliphatic rings. The van der Waals surface area contributed by atoms with Gasteiger partial charge in [-0.15, -0.1) is 0 Å². The fourth-order valence-corrected chi connectivity index (χ4v) is 2.32. The van der Waals surface area contributed by atoms with Crippen LogP contribution in [0.15, 0.2) is 12.1 Å². The lowest BCUT2D eigenvalue weighted by atomic mass is 10.1. The van der Waals surface area contributed by atoms with Gasteiger partial charge in [-0.2, -0.15) is 0 Å². The van der Waals surface area contributed by atoms with Crippen molar-refractivity contribution in [3.63, 3.8) is 0 Å². The van der Waals surface area contributed by atoms with Gasteiger partial charge in [0.15, 0.2) is 11.5 Å². The number of benzene rings is 1. The predicted molar refractivity (Wildman–Crippen MR) is 64.9 cm³/mol. The number of fused-ring (bicyclic) bond motifs is 1. The van der Waals surface area contributed by atoms with Gasteiger partial charge in [0, 0.05) is 30.8 Å². The Morgan fingerprint density at radius 1 is 1.33 bits per heavy atom. The molecule has 0 spiro atoms. The van der Waals surface area contributed by atoms with E-state index < -0.39 is 0 Å². The summed E-state index contributed by atoms with van der Waals surface area (Å²) < 4.78 is 16.0. The van der Waals surface area contributed by atoms with Crippen LogP contribution in [0.2, 0.25) is 0 Å². The molecule has 1 unspecified atom stereocenters. The van der Waals surface area contributed by atoms with E-state index in [9.17, 15) is 5.11 Å². The van der Waals surface area contributed by atoms with Crippen LogP contribution in [0.4, 0.5) is 0 Å². The lowest BCUT2D eigenvalue weighted by Crippen LogP contribution is -2.42. The highest BCUT2D eigenvalue weighted by Crippen LogP contribution is 2.38. The zero-order valence-electron chi connectivity index (χ0n) is 10.4. The van der Waals surface area contributed by atoms with Crippen molar-refractivity contribution in [2.24, 2.45) is 0 Å². The van der Waals surface area contributed by atoms with E-state index in [2.05, 4.69) is 11.8 Å². The molecule has 1 aromatic rings. The minimum Gasteiger partial charge on any atom is -0.507 e. The fraction of sp³-hybridized carbons (Fsp3) is 0.538. The largest absolute Gasteiger partial charge is 0.507 e. The maximum Gasteiger partial charge on any atom is 0.231 e. The first kappa shape index (κ1) is 11.6. The molecule has 1 atom stereocenters. The van der Waals surface area contributed by atoms with E-state index in [1.165, 1.54) is 0 Å². The Balaban J connectivity index is 1.79. The van der Waals surface area contributed by atoms with Gasteiger partial charge in [0.1, 0.15) is 5.75 Å². The predicted octanol–water partition coefficient (Wildman–Crippen LogP) is 1.34. The van der Waals surface area contributed by atoms with Crippen molar-refractivity contribution in [2.45, 2.75) is 19.5 Å². The van der Waals surface area contributed by atoms with Crippen LogP contribution in [0, 0.1) is 0 Å². The molecule has 0 bridgehead atoms. The van der Waals surface area contributed by atoms with Gasteiger partial charge in [-0.1, -0.05) is 0 Å². The highest BCUT2D eigenvalue weighted by atomic mass is 16.7. The number of hydrogen-bond acceptors (Lipinski definition) is 5. The second kappa shape index (κ2) is 4.66. The maximum absolute atomic E-state index is 10.00. The molecule has 2 heterocycles. The summed E-state index contributed by atoms with van der Waals surface area (Å²) in [6.45, 7) is 5.43. The third kappa shape index (κ3) is 2.11. The van der Waals surface area contributed by atoms with Crippen LogP contribution in [0.1, 0.15) is 12.5 Å². The fourth-order valence-electron chi connectivity index (χ4n) is 2.32. The van der Waals surface area contributed by atoms with Crippen LogP contribution in [0.5, 0.6) is 17.2 Å². The zero-order chi connectivity index (χ0) is 12.5. The average Bonchev–Trinajstić information content (AvgIpc) is 2.79. The molecule has 5 heteroatoms. The average molecular weight is 251 g/mol. The van der Waals surface area contributed by atoms with E-state index >= 15 is 0 Å². The standard InChI is InChI=1S/C13H17NO4/c1-9-7-16-3-2-14(9)6-10-4-12-13(5-11(10)15)18-8-17-12/h4-5,9,15H,2-3,6-8H2,1H3. The molecular formula is C13H17NO4. The number of ether oxygens (including phenoxy) is 3. The Hall–Kier alpha value is -1.46. The zero-order valence-corrected chi connectivity index (χ0v) is 10.4. The van der Waals surface area contributed by atoms with Gasteiger partial charge in [-0.3, -0.25) is 4.90 Å². The summed E-state index contributed by atoms with van der Waals surface area (Å²) in [6.07, 6.45) is 0. The lowest BCUT2D eigenvalue weighted by molar-refractivity contribution is -0.00465. The quantitative estimate of drug-likeness (QED) is 0.859. The number of phenols is 1. The van der Waals surface area contributed by atoms with E-state index in [0.717, 1.165) is 25.3 Å². The normalized spacial score (nSPS) is 23.3. The van der Waals surface area contributed by atoms with Crippen LogP contribution in [-0.2, 0) is 11.3 Å². The van der Waals surface area contributed by atoms with Crippen LogP contribution >= 0.6 is 0 Å². The molecule has 1 saturated heterocycles. The molecule has 98 valence electrons. The molecule has 0 amide bonds. The molecule has 5 nitrogen and oxygen atoms in total. The molecule has 0 saturated carbocycles. The van der Waals surface area contributed by atoms with Gasteiger partial charge < -0.3 is 19.3 Å². The third-order valence-electron chi connectivity index (χ3n) is 3.45. The lowest BCUT2D eigenvalue weighted by Gasteiger charge is -2.33. The molecule has 1 aromatic carbocycles. The topological polar surface area (TPSA) is 51.2 Å². The summed E-state index contributed by atoms with van der Waals surface area (Å²) in [5.41, 5.74) is 0.869. The first-order valence-electron chi connectivity index (χ1n) is 6.17. The van der Waals surface area contributed by atoms with Gasteiger partial charge >= 0.3 is 0 Å². The minimum atomic E-state index is 0.228. The number of phenolic OH excluding ortho intramolecular Hbond substituents is 1. The van der Waals surface area contributed by atoms with Crippen molar-refractivity contribution in [2.75, 3.05) is 26.6 Å². The Morgan fingerprint density at radius 3 is 2.89 bits per heavy atom. The summed E-state index contributed by atoms with van der Waals surface area (Å²) in [6, 6.07) is 3.85. The van der Waals surface area contributed by atoms with Crippen molar-refractivity contribution in [1.29, 1.82) is 0 Å². The van der Waals surface area contributed by atoms with E-state index in [4.69, 9.17) is 14.2 Å². The number of rotatable bonds is 2. The Morgan fingerprint density at radius 2 is 2.11 bits per heavy atom. The third-order valence-corrected chi connectivity index (χ3v) is 3.45. The summed E-state index contributed by atoms with van der Waals surface area (Å²) in [5, 5.41) is 10.00. The van der Waals surface area contributed by atoms with Crippen LogP contribution in [0.25, 0.3) is 0 Å². The molecule has 0 radical (unpaired) electrons. The van der Waals surface area contributed by atoms with Crippen molar-refractivity contribution in [3.05, 3.63) is 17.7 Å². The van der Waals surface area contributed by atoms with E-state index in [1.807, 2.05) is 6.07 Å². The van der Waals surface area contributed by atoms with Gasteiger partial charge in [0.05, 0.1) is 13.2 Å². The van der Waals surface area contributed by atoms with E-state index in [1.54, 1.807) is 6.07 Å². The molecular weight excluding hydrogens is 234 g/mol. The highest BCUT2D eigenvalue weighted by Gasteiger charge is 2.22. The maximum atomic E-state index is 10.00. The van der Waals surface area contributed by atoms with Gasteiger partial charge in [-0.25, -0.2) is 0 Å². The Bertz CT molecular complexity index is 449. The monoisotopic (exact) mass is 251 g/mol. The molecule has 0 aromatic heterocycles.